The van der Waals surface area contributed by atoms with Gasteiger partial charge in [-0.2, -0.15) is 0 Å². The molecule has 22 heavy (non-hydrogen) atoms. The lowest BCUT2D eigenvalue weighted by molar-refractivity contribution is 0.0691. The Bertz CT molecular complexity index is 889. The fraction of sp³-hybridized carbons (Fsp3) is 0.0625. The fourth-order valence-corrected chi connectivity index (χ4v) is 2.77. The van der Waals surface area contributed by atoms with Gasteiger partial charge in [-0.1, -0.05) is 23.7 Å². The standard InChI is InChI=1S/C16H10ClF2NO2/c17-13-7-11(18)6-9-4-5-20(15(9)13)8-10-2-1-3-12(14(10)19)16(21)22/h1-7H,8H2,(H,21,22). The van der Waals surface area contributed by atoms with Crippen molar-refractivity contribution in [2.45, 2.75) is 6.54 Å². The second-order valence-corrected chi connectivity index (χ2v) is 5.26. The van der Waals surface area contributed by atoms with Crippen LogP contribution in [0.1, 0.15) is 15.9 Å². The Kier molecular flexibility index (Phi) is 3.58. The molecule has 0 spiro atoms. The van der Waals surface area contributed by atoms with Crippen LogP contribution in [-0.4, -0.2) is 15.6 Å². The van der Waals surface area contributed by atoms with Gasteiger partial charge in [0.2, 0.25) is 0 Å². The minimum Gasteiger partial charge on any atom is -0.478 e. The summed E-state index contributed by atoms with van der Waals surface area (Å²) in [5.74, 6) is -2.55. The lowest BCUT2D eigenvalue weighted by Gasteiger charge is -2.09. The molecule has 0 aliphatic carbocycles. The number of aromatic carboxylic acids is 1. The molecular formula is C16H10ClF2NO2. The Labute approximate surface area is 129 Å². The molecule has 112 valence electrons. The monoisotopic (exact) mass is 321 g/mol. The maximum absolute atomic E-state index is 14.2. The summed E-state index contributed by atoms with van der Waals surface area (Å²) >= 11 is 6.05. The minimum absolute atomic E-state index is 0.0990. The van der Waals surface area contributed by atoms with Gasteiger partial charge in [-0.25, -0.2) is 13.6 Å². The third-order valence-electron chi connectivity index (χ3n) is 3.43. The second kappa shape index (κ2) is 5.42. The first-order chi connectivity index (χ1) is 10.5. The van der Waals surface area contributed by atoms with Crippen LogP contribution in [0.2, 0.25) is 5.02 Å². The van der Waals surface area contributed by atoms with Crippen LogP contribution in [0.25, 0.3) is 10.9 Å². The maximum atomic E-state index is 14.2. The molecule has 3 rings (SSSR count). The number of carbonyl (C=O) groups is 1. The van der Waals surface area contributed by atoms with E-state index >= 15 is 0 Å². The third-order valence-corrected chi connectivity index (χ3v) is 3.72. The minimum atomic E-state index is -1.32. The zero-order chi connectivity index (χ0) is 15.9. The van der Waals surface area contributed by atoms with Gasteiger partial charge in [0.1, 0.15) is 11.6 Å². The summed E-state index contributed by atoms with van der Waals surface area (Å²) in [6, 6.07) is 8.38. The number of carboxylic acid groups (broad SMARTS) is 1. The van der Waals surface area contributed by atoms with Crippen molar-refractivity contribution in [2.24, 2.45) is 0 Å². The van der Waals surface area contributed by atoms with E-state index in [1.807, 2.05) is 0 Å². The lowest BCUT2D eigenvalue weighted by atomic mass is 10.1. The first-order valence-corrected chi connectivity index (χ1v) is 6.79. The van der Waals surface area contributed by atoms with Crippen molar-refractivity contribution in [3.8, 4) is 0 Å². The van der Waals surface area contributed by atoms with Crippen molar-refractivity contribution in [2.75, 3.05) is 0 Å². The zero-order valence-corrected chi connectivity index (χ0v) is 11.9. The number of rotatable bonds is 3. The van der Waals surface area contributed by atoms with Crippen molar-refractivity contribution >= 4 is 28.5 Å². The molecule has 0 saturated carbocycles. The third kappa shape index (κ3) is 2.44. The molecule has 3 nitrogen and oxygen atoms in total. The van der Waals surface area contributed by atoms with Crippen molar-refractivity contribution < 1.29 is 18.7 Å². The van der Waals surface area contributed by atoms with Gasteiger partial charge in [-0.05, 0) is 24.3 Å². The van der Waals surface area contributed by atoms with Gasteiger partial charge < -0.3 is 9.67 Å². The van der Waals surface area contributed by atoms with E-state index in [2.05, 4.69) is 0 Å². The van der Waals surface area contributed by atoms with Crippen LogP contribution in [-0.2, 0) is 6.54 Å². The van der Waals surface area contributed by atoms with Gasteiger partial charge >= 0.3 is 5.97 Å². The average molecular weight is 322 g/mol. The summed E-state index contributed by atoms with van der Waals surface area (Å²) in [7, 11) is 0. The first-order valence-electron chi connectivity index (χ1n) is 6.42. The SMILES string of the molecule is O=C(O)c1cccc(Cn2ccc3cc(F)cc(Cl)c32)c1F. The second-order valence-electron chi connectivity index (χ2n) is 4.85. The van der Waals surface area contributed by atoms with Crippen molar-refractivity contribution in [3.05, 3.63) is 70.4 Å². The topological polar surface area (TPSA) is 42.2 Å². The van der Waals surface area contributed by atoms with Crippen LogP contribution in [0.4, 0.5) is 8.78 Å². The highest BCUT2D eigenvalue weighted by Gasteiger charge is 2.15. The zero-order valence-electron chi connectivity index (χ0n) is 11.2. The molecule has 0 bridgehead atoms. The van der Waals surface area contributed by atoms with E-state index in [1.165, 1.54) is 30.3 Å². The molecule has 0 radical (unpaired) electrons. The lowest BCUT2D eigenvalue weighted by Crippen LogP contribution is -2.07. The normalized spacial score (nSPS) is 11.0. The Balaban J connectivity index is 2.08. The maximum Gasteiger partial charge on any atom is 0.338 e. The smallest absolute Gasteiger partial charge is 0.338 e. The molecule has 0 atom stereocenters. The first kappa shape index (κ1) is 14.5. The molecule has 0 unspecified atom stereocenters. The van der Waals surface area contributed by atoms with Gasteiger partial charge in [0.15, 0.2) is 0 Å². The molecule has 1 heterocycles. The molecule has 6 heteroatoms. The summed E-state index contributed by atoms with van der Waals surface area (Å²) in [5.41, 5.74) is 0.409. The highest BCUT2D eigenvalue weighted by Crippen LogP contribution is 2.27. The van der Waals surface area contributed by atoms with Crippen molar-refractivity contribution in [3.63, 3.8) is 0 Å². The van der Waals surface area contributed by atoms with Crippen LogP contribution >= 0.6 is 11.6 Å². The summed E-state index contributed by atoms with van der Waals surface area (Å²) in [5, 5.41) is 9.77. The molecule has 1 N–H and O–H groups in total. The number of carboxylic acids is 1. The number of fused-ring (bicyclic) bond motifs is 1. The van der Waals surface area contributed by atoms with Gasteiger partial charge in [0.05, 0.1) is 22.6 Å². The van der Waals surface area contributed by atoms with Gasteiger partial charge in [-0.15, -0.1) is 0 Å². The highest BCUT2D eigenvalue weighted by atomic mass is 35.5. The van der Waals surface area contributed by atoms with E-state index in [1.54, 1.807) is 16.8 Å². The molecule has 0 aliphatic rings. The number of hydrogen-bond acceptors (Lipinski definition) is 1. The number of hydrogen-bond donors (Lipinski definition) is 1. The quantitative estimate of drug-likeness (QED) is 0.780. The predicted octanol–water partition coefficient (Wildman–Crippen LogP) is 4.32. The molecule has 1 aromatic heterocycles. The van der Waals surface area contributed by atoms with Crippen molar-refractivity contribution in [1.82, 2.24) is 4.57 Å². The molecular weight excluding hydrogens is 312 g/mol. The Morgan fingerprint density at radius 2 is 2.00 bits per heavy atom. The molecule has 0 saturated heterocycles. The molecule has 3 aromatic rings. The van der Waals surface area contributed by atoms with E-state index in [4.69, 9.17) is 16.7 Å². The van der Waals surface area contributed by atoms with Crippen molar-refractivity contribution in [1.29, 1.82) is 0 Å². The van der Waals surface area contributed by atoms with Crippen LogP contribution < -0.4 is 0 Å². The molecule has 0 fully saturated rings. The van der Waals surface area contributed by atoms with Gasteiger partial charge in [0.25, 0.3) is 0 Å². The van der Waals surface area contributed by atoms with E-state index in [0.29, 0.717) is 10.9 Å². The predicted molar refractivity (Wildman–Crippen MR) is 79.4 cm³/mol. The van der Waals surface area contributed by atoms with Crippen LogP contribution in [0.3, 0.4) is 0 Å². The summed E-state index contributed by atoms with van der Waals surface area (Å²) in [6.07, 6.45) is 1.66. The van der Waals surface area contributed by atoms with Crippen LogP contribution in [0.15, 0.2) is 42.6 Å². The molecule has 0 aliphatic heterocycles. The highest BCUT2D eigenvalue weighted by molar-refractivity contribution is 6.35. The Hall–Kier alpha value is -2.40. The summed E-state index contributed by atoms with van der Waals surface area (Å²) in [6.45, 7) is 0.0990. The Morgan fingerprint density at radius 1 is 1.23 bits per heavy atom. The average Bonchev–Trinajstić information content (AvgIpc) is 2.83. The summed E-state index contributed by atoms with van der Waals surface area (Å²) < 4.78 is 29.2. The molecule has 0 amide bonds. The van der Waals surface area contributed by atoms with Gasteiger partial charge in [-0.3, -0.25) is 0 Å². The van der Waals surface area contributed by atoms with E-state index < -0.39 is 17.6 Å². The largest absolute Gasteiger partial charge is 0.478 e. The number of aromatic nitrogens is 1. The van der Waals surface area contributed by atoms with Gasteiger partial charge in [0, 0.05) is 17.1 Å². The van der Waals surface area contributed by atoms with E-state index in [0.717, 1.165) is 0 Å². The number of benzene rings is 2. The van der Waals surface area contributed by atoms with E-state index in [9.17, 15) is 13.6 Å². The van der Waals surface area contributed by atoms with E-state index in [-0.39, 0.29) is 22.7 Å². The Morgan fingerprint density at radius 3 is 2.73 bits per heavy atom. The van der Waals surface area contributed by atoms with Crippen LogP contribution in [0, 0.1) is 11.6 Å². The number of halogens is 3. The van der Waals surface area contributed by atoms with Crippen LogP contribution in [0.5, 0.6) is 0 Å². The molecule has 2 aromatic carbocycles. The number of nitrogens with zero attached hydrogens (tertiary/aromatic N) is 1. The summed E-state index contributed by atoms with van der Waals surface area (Å²) in [4.78, 5) is 11.0. The fourth-order valence-electron chi connectivity index (χ4n) is 2.44.